The largest absolute Gasteiger partial charge is 0.379 e. The van der Waals surface area contributed by atoms with Crippen LogP contribution in [-0.2, 0) is 14.3 Å². The van der Waals surface area contributed by atoms with Gasteiger partial charge in [0.05, 0.1) is 13.2 Å². The van der Waals surface area contributed by atoms with E-state index >= 15 is 0 Å². The average Bonchev–Trinajstić information content (AvgIpc) is 2.97. The predicted octanol–water partition coefficient (Wildman–Crippen LogP) is -0.116. The highest BCUT2D eigenvalue weighted by molar-refractivity contribution is 6.35. The molecule has 0 aromatic carbocycles. The minimum absolute atomic E-state index is 0.196. The molecule has 2 amide bonds. The Kier molecular flexibility index (Phi) is 6.26. The van der Waals surface area contributed by atoms with E-state index in [-0.39, 0.29) is 6.04 Å². The Morgan fingerprint density at radius 3 is 2.50 bits per heavy atom. The number of hydrogen-bond donors (Lipinski definition) is 2. The summed E-state index contributed by atoms with van der Waals surface area (Å²) in [6, 6.07) is 0.196. The maximum Gasteiger partial charge on any atom is 0.309 e. The molecular formula is C14H25N3O3. The maximum absolute atomic E-state index is 11.6. The molecule has 2 rings (SSSR count). The lowest BCUT2D eigenvalue weighted by molar-refractivity contribution is -0.139. The lowest BCUT2D eigenvalue weighted by atomic mass is 10.2. The fourth-order valence-electron chi connectivity index (χ4n) is 2.73. The van der Waals surface area contributed by atoms with Gasteiger partial charge in [0.15, 0.2) is 0 Å². The van der Waals surface area contributed by atoms with Gasteiger partial charge in [-0.2, -0.15) is 0 Å². The summed E-state index contributed by atoms with van der Waals surface area (Å²) in [6.45, 7) is 4.97. The molecule has 2 aliphatic rings. The monoisotopic (exact) mass is 283 g/mol. The Morgan fingerprint density at radius 1 is 1.10 bits per heavy atom. The van der Waals surface area contributed by atoms with Crippen LogP contribution in [0.4, 0.5) is 0 Å². The topological polar surface area (TPSA) is 70.7 Å². The van der Waals surface area contributed by atoms with E-state index in [1.807, 2.05) is 0 Å². The van der Waals surface area contributed by atoms with E-state index in [2.05, 4.69) is 15.5 Å². The molecule has 20 heavy (non-hydrogen) atoms. The van der Waals surface area contributed by atoms with Gasteiger partial charge in [0.1, 0.15) is 0 Å². The minimum atomic E-state index is -0.501. The quantitative estimate of drug-likeness (QED) is 0.545. The Hall–Kier alpha value is -1.14. The van der Waals surface area contributed by atoms with E-state index in [9.17, 15) is 9.59 Å². The van der Waals surface area contributed by atoms with Gasteiger partial charge in [-0.1, -0.05) is 12.8 Å². The van der Waals surface area contributed by atoms with Gasteiger partial charge >= 0.3 is 11.8 Å². The highest BCUT2D eigenvalue weighted by atomic mass is 16.5. The van der Waals surface area contributed by atoms with E-state index in [0.717, 1.165) is 65.0 Å². The third-order valence-electron chi connectivity index (χ3n) is 3.94. The smallest absolute Gasteiger partial charge is 0.309 e. The molecule has 0 radical (unpaired) electrons. The summed E-state index contributed by atoms with van der Waals surface area (Å²) >= 11 is 0. The SMILES string of the molecule is O=C(NCCCN1CCOCC1)C(=O)NC1CCCC1. The predicted molar refractivity (Wildman–Crippen MR) is 75.3 cm³/mol. The minimum Gasteiger partial charge on any atom is -0.379 e. The molecule has 1 aliphatic heterocycles. The first-order valence-electron chi connectivity index (χ1n) is 7.64. The summed E-state index contributed by atoms with van der Waals surface area (Å²) in [4.78, 5) is 25.6. The van der Waals surface area contributed by atoms with Gasteiger partial charge < -0.3 is 15.4 Å². The van der Waals surface area contributed by atoms with Crippen LogP contribution in [0, 0.1) is 0 Å². The molecule has 1 heterocycles. The van der Waals surface area contributed by atoms with Crippen LogP contribution in [0.2, 0.25) is 0 Å². The Bertz CT molecular complexity index is 324. The van der Waals surface area contributed by atoms with Crippen LogP contribution in [0.15, 0.2) is 0 Å². The summed E-state index contributed by atoms with van der Waals surface area (Å²) in [5.41, 5.74) is 0. The van der Waals surface area contributed by atoms with Gasteiger partial charge in [-0.3, -0.25) is 14.5 Å². The summed E-state index contributed by atoms with van der Waals surface area (Å²) in [7, 11) is 0. The number of morpholine rings is 1. The van der Waals surface area contributed by atoms with Gasteiger partial charge in [-0.05, 0) is 25.8 Å². The first-order valence-corrected chi connectivity index (χ1v) is 7.64. The third-order valence-corrected chi connectivity index (χ3v) is 3.94. The van der Waals surface area contributed by atoms with Crippen molar-refractivity contribution in [1.82, 2.24) is 15.5 Å². The number of nitrogens with one attached hydrogen (secondary N) is 2. The molecule has 6 nitrogen and oxygen atoms in total. The highest BCUT2D eigenvalue weighted by Crippen LogP contribution is 2.17. The van der Waals surface area contributed by atoms with Crippen LogP contribution in [0.3, 0.4) is 0 Å². The zero-order valence-electron chi connectivity index (χ0n) is 12.0. The fraction of sp³-hybridized carbons (Fsp3) is 0.857. The van der Waals surface area contributed by atoms with Crippen LogP contribution in [0.5, 0.6) is 0 Å². The van der Waals surface area contributed by atoms with Gasteiger partial charge in [-0.25, -0.2) is 0 Å². The van der Waals surface area contributed by atoms with E-state index in [0.29, 0.717) is 6.54 Å². The number of amides is 2. The van der Waals surface area contributed by atoms with Gasteiger partial charge in [0.2, 0.25) is 0 Å². The van der Waals surface area contributed by atoms with Crippen LogP contribution in [0.25, 0.3) is 0 Å². The summed E-state index contributed by atoms with van der Waals surface area (Å²) in [5.74, 6) is -0.984. The van der Waals surface area contributed by atoms with Crippen molar-refractivity contribution < 1.29 is 14.3 Å². The first-order chi connectivity index (χ1) is 9.75. The van der Waals surface area contributed by atoms with Crippen LogP contribution >= 0.6 is 0 Å². The van der Waals surface area contributed by atoms with Crippen molar-refractivity contribution in [2.24, 2.45) is 0 Å². The second-order valence-electron chi connectivity index (χ2n) is 5.52. The average molecular weight is 283 g/mol. The molecule has 2 N–H and O–H groups in total. The van der Waals surface area contributed by atoms with E-state index in [1.54, 1.807) is 0 Å². The normalized spacial score (nSPS) is 20.8. The Balaban J connectivity index is 1.53. The van der Waals surface area contributed by atoms with Gasteiger partial charge in [0.25, 0.3) is 0 Å². The molecule has 0 unspecified atom stereocenters. The van der Waals surface area contributed by atoms with E-state index in [1.165, 1.54) is 0 Å². The molecule has 0 spiro atoms. The zero-order chi connectivity index (χ0) is 14.2. The Morgan fingerprint density at radius 2 is 1.80 bits per heavy atom. The number of nitrogens with zero attached hydrogens (tertiary/aromatic N) is 1. The summed E-state index contributed by atoms with van der Waals surface area (Å²) < 4.78 is 5.27. The fourth-order valence-corrected chi connectivity index (χ4v) is 2.73. The highest BCUT2D eigenvalue weighted by Gasteiger charge is 2.21. The molecule has 1 saturated heterocycles. The molecule has 6 heteroatoms. The van der Waals surface area contributed by atoms with E-state index in [4.69, 9.17) is 4.74 Å². The lowest BCUT2D eigenvalue weighted by Crippen LogP contribution is -2.44. The van der Waals surface area contributed by atoms with Crippen molar-refractivity contribution >= 4 is 11.8 Å². The van der Waals surface area contributed by atoms with Crippen LogP contribution in [0.1, 0.15) is 32.1 Å². The lowest BCUT2D eigenvalue weighted by Gasteiger charge is -2.26. The third kappa shape index (κ3) is 5.09. The van der Waals surface area contributed by atoms with Gasteiger partial charge in [-0.15, -0.1) is 0 Å². The molecule has 0 atom stereocenters. The molecule has 1 aliphatic carbocycles. The molecule has 114 valence electrons. The maximum atomic E-state index is 11.6. The number of hydrogen-bond acceptors (Lipinski definition) is 4. The number of ether oxygens (including phenoxy) is 1. The van der Waals surface area contributed by atoms with Crippen molar-refractivity contribution in [3.63, 3.8) is 0 Å². The van der Waals surface area contributed by atoms with Crippen LogP contribution in [-0.4, -0.2) is 62.1 Å². The summed E-state index contributed by atoms with van der Waals surface area (Å²) in [6.07, 6.45) is 5.15. The molecule has 0 aromatic heterocycles. The molecular weight excluding hydrogens is 258 g/mol. The molecule has 0 aromatic rings. The van der Waals surface area contributed by atoms with Crippen molar-refractivity contribution in [3.05, 3.63) is 0 Å². The van der Waals surface area contributed by atoms with Crippen molar-refractivity contribution in [1.29, 1.82) is 0 Å². The molecule has 1 saturated carbocycles. The van der Waals surface area contributed by atoms with Crippen molar-refractivity contribution in [3.8, 4) is 0 Å². The number of rotatable bonds is 5. The Labute approximate surface area is 120 Å². The van der Waals surface area contributed by atoms with Gasteiger partial charge in [0, 0.05) is 25.7 Å². The number of carbonyl (C=O) groups is 2. The number of carbonyl (C=O) groups excluding carboxylic acids is 2. The second-order valence-corrected chi connectivity index (χ2v) is 5.52. The van der Waals surface area contributed by atoms with Crippen LogP contribution < -0.4 is 10.6 Å². The standard InChI is InChI=1S/C14H25N3O3/c18-13(14(19)16-12-4-1-2-5-12)15-6-3-7-17-8-10-20-11-9-17/h12H,1-11H2,(H,15,18)(H,16,19). The van der Waals surface area contributed by atoms with Crippen molar-refractivity contribution in [2.45, 2.75) is 38.1 Å². The molecule has 2 fully saturated rings. The van der Waals surface area contributed by atoms with Crippen molar-refractivity contribution in [2.75, 3.05) is 39.4 Å². The summed E-state index contributed by atoms with van der Waals surface area (Å²) in [5, 5.41) is 5.48. The zero-order valence-corrected chi connectivity index (χ0v) is 12.0. The first kappa shape index (κ1) is 15.3. The second kappa shape index (κ2) is 8.21. The van der Waals surface area contributed by atoms with E-state index < -0.39 is 11.8 Å². The molecule has 0 bridgehead atoms.